The van der Waals surface area contributed by atoms with Crippen LogP contribution in [0.2, 0.25) is 0 Å². The largest absolute Gasteiger partial charge is 0.338 e. The Morgan fingerprint density at radius 2 is 1.89 bits per heavy atom. The molecular formula is C22H27N3O2. The molecule has 1 fully saturated rings. The fourth-order valence-electron chi connectivity index (χ4n) is 3.98. The van der Waals surface area contributed by atoms with Gasteiger partial charge in [-0.15, -0.1) is 0 Å². The van der Waals surface area contributed by atoms with E-state index in [-0.39, 0.29) is 30.2 Å². The fraction of sp³-hybridized carbons (Fsp3) is 0.409. The first kappa shape index (κ1) is 19.1. The van der Waals surface area contributed by atoms with Crippen LogP contribution in [0.15, 0.2) is 48.8 Å². The minimum absolute atomic E-state index is 0.0480. The molecule has 1 aliphatic heterocycles. The standard InChI is InChI=1S/C22H27N3O2/c1-4-24(15-17-10-12-23-13-11-17)22(27)19-14-20(26)25(5-2)21(19)18-9-7-6-8-16(18)3/h6-13,19,21H,4-5,14-15H2,1-3H3/t19-,21+/m1/s1. The molecule has 0 bridgehead atoms. The number of nitrogens with zero attached hydrogens (tertiary/aromatic N) is 3. The molecule has 1 saturated heterocycles. The van der Waals surface area contributed by atoms with Gasteiger partial charge in [0, 0.05) is 38.4 Å². The first-order valence-electron chi connectivity index (χ1n) is 9.59. The van der Waals surface area contributed by atoms with Crippen molar-refractivity contribution >= 4 is 11.8 Å². The lowest BCUT2D eigenvalue weighted by Gasteiger charge is -2.31. The van der Waals surface area contributed by atoms with E-state index in [1.165, 1.54) is 0 Å². The van der Waals surface area contributed by atoms with Gasteiger partial charge in [-0.3, -0.25) is 14.6 Å². The van der Waals surface area contributed by atoms with Crippen LogP contribution in [0.25, 0.3) is 0 Å². The van der Waals surface area contributed by atoms with Crippen molar-refractivity contribution in [1.82, 2.24) is 14.8 Å². The molecular weight excluding hydrogens is 338 g/mol. The summed E-state index contributed by atoms with van der Waals surface area (Å²) in [4.78, 5) is 33.8. The predicted octanol–water partition coefficient (Wildman–Crippen LogP) is 3.35. The van der Waals surface area contributed by atoms with Gasteiger partial charge in [0.1, 0.15) is 0 Å². The van der Waals surface area contributed by atoms with Crippen molar-refractivity contribution in [1.29, 1.82) is 0 Å². The quantitative estimate of drug-likeness (QED) is 0.789. The summed E-state index contributed by atoms with van der Waals surface area (Å²) in [5, 5.41) is 0. The van der Waals surface area contributed by atoms with E-state index in [1.54, 1.807) is 12.4 Å². The Morgan fingerprint density at radius 3 is 2.52 bits per heavy atom. The van der Waals surface area contributed by atoms with Crippen LogP contribution in [-0.2, 0) is 16.1 Å². The molecule has 142 valence electrons. The molecule has 0 N–H and O–H groups in total. The second-order valence-electron chi connectivity index (χ2n) is 7.00. The molecule has 0 aliphatic carbocycles. The summed E-state index contributed by atoms with van der Waals surface area (Å²) in [5.74, 6) is -0.240. The average molecular weight is 365 g/mol. The first-order chi connectivity index (χ1) is 13.1. The minimum Gasteiger partial charge on any atom is -0.338 e. The zero-order valence-electron chi connectivity index (χ0n) is 16.3. The molecule has 2 heterocycles. The lowest BCUT2D eigenvalue weighted by atomic mass is 9.89. The Bertz CT molecular complexity index is 806. The van der Waals surface area contributed by atoms with Crippen molar-refractivity contribution in [2.75, 3.05) is 13.1 Å². The Hall–Kier alpha value is -2.69. The number of aryl methyl sites for hydroxylation is 1. The maximum Gasteiger partial charge on any atom is 0.228 e. The number of amides is 2. The number of carbonyl (C=O) groups is 2. The van der Waals surface area contributed by atoms with E-state index in [9.17, 15) is 9.59 Å². The molecule has 5 nitrogen and oxygen atoms in total. The minimum atomic E-state index is -0.347. The van der Waals surface area contributed by atoms with Crippen molar-refractivity contribution in [3.8, 4) is 0 Å². The lowest BCUT2D eigenvalue weighted by Crippen LogP contribution is -2.38. The molecule has 2 aromatic rings. The molecule has 27 heavy (non-hydrogen) atoms. The molecule has 0 unspecified atom stereocenters. The van der Waals surface area contributed by atoms with Gasteiger partial charge < -0.3 is 9.80 Å². The third kappa shape index (κ3) is 3.87. The van der Waals surface area contributed by atoms with Crippen LogP contribution in [0, 0.1) is 12.8 Å². The van der Waals surface area contributed by atoms with Gasteiger partial charge in [-0.2, -0.15) is 0 Å². The molecule has 2 atom stereocenters. The summed E-state index contributed by atoms with van der Waals surface area (Å²) in [7, 11) is 0. The summed E-state index contributed by atoms with van der Waals surface area (Å²) in [5.41, 5.74) is 3.23. The van der Waals surface area contributed by atoms with E-state index < -0.39 is 0 Å². The van der Waals surface area contributed by atoms with Crippen LogP contribution in [0.1, 0.15) is 43.0 Å². The van der Waals surface area contributed by atoms with E-state index in [2.05, 4.69) is 4.98 Å². The van der Waals surface area contributed by atoms with Gasteiger partial charge in [0.05, 0.1) is 12.0 Å². The van der Waals surface area contributed by atoms with Crippen LogP contribution in [-0.4, -0.2) is 39.7 Å². The van der Waals surface area contributed by atoms with Gasteiger partial charge in [0.15, 0.2) is 0 Å². The summed E-state index contributed by atoms with van der Waals surface area (Å²) >= 11 is 0. The maximum atomic E-state index is 13.4. The summed E-state index contributed by atoms with van der Waals surface area (Å²) in [6.07, 6.45) is 3.75. The Labute approximate surface area is 161 Å². The van der Waals surface area contributed by atoms with E-state index in [4.69, 9.17) is 0 Å². The molecule has 3 rings (SSSR count). The van der Waals surface area contributed by atoms with Gasteiger partial charge in [-0.1, -0.05) is 24.3 Å². The highest BCUT2D eigenvalue weighted by Crippen LogP contribution is 2.40. The van der Waals surface area contributed by atoms with Crippen LogP contribution >= 0.6 is 0 Å². The predicted molar refractivity (Wildman–Crippen MR) is 105 cm³/mol. The van der Waals surface area contributed by atoms with Gasteiger partial charge in [-0.05, 0) is 49.6 Å². The summed E-state index contributed by atoms with van der Waals surface area (Å²) in [6.45, 7) is 7.76. The molecule has 0 radical (unpaired) electrons. The van der Waals surface area contributed by atoms with Crippen LogP contribution in [0.4, 0.5) is 0 Å². The topological polar surface area (TPSA) is 53.5 Å². The van der Waals surface area contributed by atoms with Crippen LogP contribution < -0.4 is 0 Å². The smallest absolute Gasteiger partial charge is 0.228 e. The number of likely N-dealkylation sites (tertiary alicyclic amines) is 1. The number of aromatic nitrogens is 1. The summed E-state index contributed by atoms with van der Waals surface area (Å²) < 4.78 is 0. The highest BCUT2D eigenvalue weighted by molar-refractivity contribution is 5.90. The van der Waals surface area contributed by atoms with E-state index in [0.29, 0.717) is 19.6 Å². The van der Waals surface area contributed by atoms with Gasteiger partial charge in [0.25, 0.3) is 0 Å². The molecule has 2 amide bonds. The Morgan fingerprint density at radius 1 is 1.19 bits per heavy atom. The number of hydrogen-bond acceptors (Lipinski definition) is 3. The number of hydrogen-bond donors (Lipinski definition) is 0. The molecule has 1 aromatic carbocycles. The fourth-order valence-corrected chi connectivity index (χ4v) is 3.98. The van der Waals surface area contributed by atoms with Gasteiger partial charge in [-0.25, -0.2) is 0 Å². The maximum absolute atomic E-state index is 13.4. The van der Waals surface area contributed by atoms with Gasteiger partial charge >= 0.3 is 0 Å². The normalized spacial score (nSPS) is 19.4. The average Bonchev–Trinajstić information content (AvgIpc) is 3.02. The third-order valence-corrected chi connectivity index (χ3v) is 5.41. The second kappa shape index (κ2) is 8.33. The van der Waals surface area contributed by atoms with Gasteiger partial charge in [0.2, 0.25) is 11.8 Å². The lowest BCUT2D eigenvalue weighted by molar-refractivity contribution is -0.137. The van der Waals surface area contributed by atoms with E-state index >= 15 is 0 Å². The van der Waals surface area contributed by atoms with Crippen molar-refractivity contribution in [2.24, 2.45) is 5.92 Å². The van der Waals surface area contributed by atoms with Crippen LogP contribution in [0.5, 0.6) is 0 Å². The highest BCUT2D eigenvalue weighted by Gasteiger charge is 2.45. The second-order valence-corrected chi connectivity index (χ2v) is 7.00. The molecule has 1 aromatic heterocycles. The van der Waals surface area contributed by atoms with Crippen molar-refractivity contribution < 1.29 is 9.59 Å². The zero-order valence-corrected chi connectivity index (χ0v) is 16.3. The zero-order chi connectivity index (χ0) is 19.4. The molecule has 0 saturated carbocycles. The Balaban J connectivity index is 1.91. The third-order valence-electron chi connectivity index (χ3n) is 5.41. The molecule has 1 aliphatic rings. The van der Waals surface area contributed by atoms with E-state index in [1.807, 2.05) is 67.0 Å². The first-order valence-corrected chi connectivity index (χ1v) is 9.59. The number of pyridine rings is 1. The summed E-state index contributed by atoms with van der Waals surface area (Å²) in [6, 6.07) is 11.7. The number of rotatable bonds is 6. The van der Waals surface area contributed by atoms with Crippen molar-refractivity contribution in [3.63, 3.8) is 0 Å². The monoisotopic (exact) mass is 365 g/mol. The van der Waals surface area contributed by atoms with Crippen molar-refractivity contribution in [3.05, 3.63) is 65.5 Å². The van der Waals surface area contributed by atoms with Crippen LogP contribution in [0.3, 0.4) is 0 Å². The van der Waals surface area contributed by atoms with Crippen molar-refractivity contribution in [2.45, 2.75) is 39.8 Å². The SMILES string of the molecule is CCN(Cc1ccncc1)C(=O)[C@@H]1CC(=O)N(CC)[C@H]1c1ccccc1C. The highest BCUT2D eigenvalue weighted by atomic mass is 16.2. The Kier molecular flexibility index (Phi) is 5.89. The number of benzene rings is 1. The molecule has 0 spiro atoms. The molecule has 5 heteroatoms. The number of carbonyl (C=O) groups excluding carboxylic acids is 2. The van der Waals surface area contributed by atoms with E-state index in [0.717, 1.165) is 16.7 Å².